The molecule has 2 aromatic heterocycles. The van der Waals surface area contributed by atoms with E-state index in [0.29, 0.717) is 0 Å². The van der Waals surface area contributed by atoms with Crippen LogP contribution in [0.2, 0.25) is 0 Å². The van der Waals surface area contributed by atoms with Crippen molar-refractivity contribution in [2.45, 2.75) is 6.54 Å². The fraction of sp³-hybridized carbons (Fsp3) is 0.353. The number of piperazine rings is 1. The van der Waals surface area contributed by atoms with Gasteiger partial charge in [-0.1, -0.05) is 12.1 Å². The summed E-state index contributed by atoms with van der Waals surface area (Å²) < 4.78 is 0. The van der Waals surface area contributed by atoms with Crippen molar-refractivity contribution in [3.05, 3.63) is 42.5 Å². The molecule has 1 fully saturated rings. The van der Waals surface area contributed by atoms with Crippen LogP contribution >= 0.6 is 0 Å². The summed E-state index contributed by atoms with van der Waals surface area (Å²) in [5.41, 5.74) is 2.14. The molecule has 1 aliphatic rings. The number of nitrogens with zero attached hydrogens (tertiary/aromatic N) is 5. The lowest BCUT2D eigenvalue weighted by Gasteiger charge is -2.34. The average Bonchev–Trinajstić information content (AvgIpc) is 3.04. The van der Waals surface area contributed by atoms with Crippen LogP contribution in [-0.2, 0) is 6.54 Å². The minimum Gasteiger partial charge on any atom is -0.373 e. The minimum atomic E-state index is 0.852. The zero-order valence-electron chi connectivity index (χ0n) is 13.7. The highest BCUT2D eigenvalue weighted by Gasteiger charge is 2.19. The third-order valence-electron chi connectivity index (χ3n) is 4.42. The molecule has 1 saturated heterocycles. The topological polar surface area (TPSA) is 73.0 Å². The summed E-state index contributed by atoms with van der Waals surface area (Å²) in [6, 6.07) is 10.2. The maximum atomic E-state index is 4.67. The minimum absolute atomic E-state index is 0.852. The first-order chi connectivity index (χ1) is 11.8. The quantitative estimate of drug-likeness (QED) is 0.762. The Morgan fingerprint density at radius 1 is 1.12 bits per heavy atom. The second kappa shape index (κ2) is 6.45. The van der Waals surface area contributed by atoms with Crippen LogP contribution in [-0.4, -0.2) is 58.1 Å². The van der Waals surface area contributed by atoms with Gasteiger partial charge in [0.15, 0.2) is 0 Å². The van der Waals surface area contributed by atoms with Crippen molar-refractivity contribution in [2.75, 3.05) is 43.4 Å². The van der Waals surface area contributed by atoms with Crippen LogP contribution < -0.4 is 10.2 Å². The van der Waals surface area contributed by atoms with Crippen LogP contribution in [0.5, 0.6) is 0 Å². The molecule has 0 atom stereocenters. The maximum Gasteiger partial charge on any atom is 0.134 e. The normalized spacial score (nSPS) is 15.8. The summed E-state index contributed by atoms with van der Waals surface area (Å²) in [6.45, 7) is 4.76. The van der Waals surface area contributed by atoms with Crippen molar-refractivity contribution >= 4 is 22.7 Å². The number of aromatic nitrogens is 4. The second-order valence-corrected chi connectivity index (χ2v) is 5.98. The molecule has 0 spiro atoms. The highest BCUT2D eigenvalue weighted by atomic mass is 15.3. The Morgan fingerprint density at radius 2 is 1.96 bits per heavy atom. The lowest BCUT2D eigenvalue weighted by molar-refractivity contribution is 0.244. The van der Waals surface area contributed by atoms with Gasteiger partial charge in [-0.2, -0.15) is 0 Å². The number of anilines is 2. The molecule has 2 N–H and O–H groups in total. The van der Waals surface area contributed by atoms with Crippen molar-refractivity contribution in [3.8, 4) is 0 Å². The average molecular weight is 323 g/mol. The molecule has 7 heteroatoms. The fourth-order valence-electron chi connectivity index (χ4n) is 3.08. The molecule has 0 saturated carbocycles. The molecule has 0 amide bonds. The van der Waals surface area contributed by atoms with Gasteiger partial charge < -0.3 is 15.2 Å². The molecule has 1 aliphatic heterocycles. The van der Waals surface area contributed by atoms with Gasteiger partial charge in [0.25, 0.3) is 0 Å². The summed E-state index contributed by atoms with van der Waals surface area (Å²) >= 11 is 0. The number of H-pyrrole nitrogens is 1. The van der Waals surface area contributed by atoms with E-state index >= 15 is 0 Å². The summed E-state index contributed by atoms with van der Waals surface area (Å²) in [7, 11) is 1.87. The van der Waals surface area contributed by atoms with Crippen molar-refractivity contribution in [1.29, 1.82) is 0 Å². The van der Waals surface area contributed by atoms with E-state index in [1.165, 1.54) is 0 Å². The molecule has 0 unspecified atom stereocenters. The molecule has 3 aromatic rings. The predicted molar refractivity (Wildman–Crippen MR) is 95.2 cm³/mol. The zero-order valence-corrected chi connectivity index (χ0v) is 13.7. The molecule has 3 heterocycles. The molecule has 0 aliphatic carbocycles. The molecular formula is C17H21N7. The van der Waals surface area contributed by atoms with Gasteiger partial charge in [-0.25, -0.2) is 15.0 Å². The summed E-state index contributed by atoms with van der Waals surface area (Å²) in [4.78, 5) is 21.4. The number of para-hydroxylation sites is 2. The van der Waals surface area contributed by atoms with E-state index in [2.05, 4.69) is 41.1 Å². The third-order valence-corrected chi connectivity index (χ3v) is 4.42. The molecule has 0 radical (unpaired) electrons. The van der Waals surface area contributed by atoms with Crippen molar-refractivity contribution in [2.24, 2.45) is 0 Å². The first kappa shape index (κ1) is 14.9. The number of hydrogen-bond acceptors (Lipinski definition) is 6. The van der Waals surface area contributed by atoms with Crippen LogP contribution in [0.25, 0.3) is 11.0 Å². The number of hydrogen-bond donors (Lipinski definition) is 2. The van der Waals surface area contributed by atoms with Gasteiger partial charge in [0, 0.05) is 39.3 Å². The Kier molecular flexibility index (Phi) is 4.00. The van der Waals surface area contributed by atoms with Crippen molar-refractivity contribution < 1.29 is 0 Å². The van der Waals surface area contributed by atoms with Crippen LogP contribution in [0.1, 0.15) is 5.82 Å². The van der Waals surface area contributed by atoms with Gasteiger partial charge >= 0.3 is 0 Å². The third kappa shape index (κ3) is 3.03. The molecular weight excluding hydrogens is 302 g/mol. The Morgan fingerprint density at radius 3 is 2.75 bits per heavy atom. The Labute approximate surface area is 140 Å². The lowest BCUT2D eigenvalue weighted by atomic mass is 10.3. The van der Waals surface area contributed by atoms with E-state index in [4.69, 9.17) is 0 Å². The monoisotopic (exact) mass is 323 g/mol. The highest BCUT2D eigenvalue weighted by molar-refractivity contribution is 5.74. The van der Waals surface area contributed by atoms with Crippen molar-refractivity contribution in [3.63, 3.8) is 0 Å². The second-order valence-electron chi connectivity index (χ2n) is 5.98. The van der Waals surface area contributed by atoms with Gasteiger partial charge in [0.1, 0.15) is 23.8 Å². The van der Waals surface area contributed by atoms with E-state index < -0.39 is 0 Å². The summed E-state index contributed by atoms with van der Waals surface area (Å²) in [6.07, 6.45) is 1.61. The standard InChI is InChI=1S/C17H21N7/c1-18-15-10-17(20-12-19-15)24-8-6-23(7-9-24)11-16-21-13-4-2-3-5-14(13)22-16/h2-5,10,12H,6-9,11H2,1H3,(H,21,22)(H,18,19,20). The van der Waals surface area contributed by atoms with Crippen LogP contribution in [0, 0.1) is 0 Å². The first-order valence-electron chi connectivity index (χ1n) is 8.22. The molecule has 1 aromatic carbocycles. The smallest absolute Gasteiger partial charge is 0.134 e. The Bertz CT molecular complexity index is 787. The SMILES string of the molecule is CNc1cc(N2CCN(Cc3nc4ccccc4[nH]3)CC2)ncn1. The highest BCUT2D eigenvalue weighted by Crippen LogP contribution is 2.17. The summed E-state index contributed by atoms with van der Waals surface area (Å²) in [5.74, 6) is 2.87. The van der Waals surface area contributed by atoms with Crippen LogP contribution in [0.4, 0.5) is 11.6 Å². The summed E-state index contributed by atoms with van der Waals surface area (Å²) in [5, 5.41) is 3.06. The van der Waals surface area contributed by atoms with Gasteiger partial charge in [0.2, 0.25) is 0 Å². The van der Waals surface area contributed by atoms with Crippen LogP contribution in [0.15, 0.2) is 36.7 Å². The van der Waals surface area contributed by atoms with Crippen molar-refractivity contribution in [1.82, 2.24) is 24.8 Å². The first-order valence-corrected chi connectivity index (χ1v) is 8.22. The molecule has 124 valence electrons. The maximum absolute atomic E-state index is 4.67. The van der Waals surface area contributed by atoms with E-state index in [1.54, 1.807) is 6.33 Å². The Hall–Kier alpha value is -2.67. The zero-order chi connectivity index (χ0) is 16.4. The fourth-order valence-corrected chi connectivity index (χ4v) is 3.08. The van der Waals surface area contributed by atoms with Gasteiger partial charge in [-0.15, -0.1) is 0 Å². The number of nitrogens with one attached hydrogen (secondary N) is 2. The largest absolute Gasteiger partial charge is 0.373 e. The molecule has 0 bridgehead atoms. The van der Waals surface area contributed by atoms with E-state index in [9.17, 15) is 0 Å². The van der Waals surface area contributed by atoms with Gasteiger partial charge in [-0.3, -0.25) is 4.90 Å². The molecule has 7 nitrogen and oxygen atoms in total. The molecule has 4 rings (SSSR count). The van der Waals surface area contributed by atoms with E-state index in [-0.39, 0.29) is 0 Å². The number of rotatable bonds is 4. The molecule has 24 heavy (non-hydrogen) atoms. The lowest BCUT2D eigenvalue weighted by Crippen LogP contribution is -2.46. The van der Waals surface area contributed by atoms with Crippen LogP contribution in [0.3, 0.4) is 0 Å². The number of imidazole rings is 1. The Balaban J connectivity index is 1.38. The van der Waals surface area contributed by atoms with E-state index in [1.807, 2.05) is 31.3 Å². The number of fused-ring (bicyclic) bond motifs is 1. The van der Waals surface area contributed by atoms with E-state index in [0.717, 1.165) is 61.2 Å². The number of benzene rings is 1. The van der Waals surface area contributed by atoms with Gasteiger partial charge in [-0.05, 0) is 12.1 Å². The van der Waals surface area contributed by atoms with Gasteiger partial charge in [0.05, 0.1) is 17.6 Å². The predicted octanol–water partition coefficient (Wildman–Crippen LogP) is 1.72. The number of aromatic amines is 1.